The third kappa shape index (κ3) is 2.09. The molecule has 2 aliphatic heterocycles. The number of hydrogen-bond acceptors (Lipinski definition) is 5. The fraction of sp³-hybridized carbons (Fsp3) is 0.731. The van der Waals surface area contributed by atoms with E-state index in [1.165, 1.54) is 11.1 Å². The van der Waals surface area contributed by atoms with Crippen molar-refractivity contribution in [3.05, 3.63) is 23.3 Å². The number of piperidine rings is 1. The number of Topliss-reactive ketones (excluding diaryl/α,β-unsaturated/α-hetero) is 1. The van der Waals surface area contributed by atoms with Crippen LogP contribution < -0.4 is 9.47 Å². The Kier molecular flexibility index (Phi) is 4.19. The molecule has 6 aliphatic rings. The summed E-state index contributed by atoms with van der Waals surface area (Å²) in [6.45, 7) is 3.17. The minimum atomic E-state index is -0.542. The summed E-state index contributed by atoms with van der Waals surface area (Å²) in [6.07, 6.45) is 7.65. The molecule has 168 valence electrons. The van der Waals surface area contributed by atoms with Crippen LogP contribution in [0.2, 0.25) is 0 Å². The first kappa shape index (κ1) is 20.0. The van der Waals surface area contributed by atoms with Gasteiger partial charge in [0, 0.05) is 36.0 Å². The van der Waals surface area contributed by atoms with Crippen LogP contribution in [0.4, 0.5) is 0 Å². The fourth-order valence-electron chi connectivity index (χ4n) is 8.89. The van der Waals surface area contributed by atoms with Gasteiger partial charge < -0.3 is 19.1 Å². The molecule has 4 bridgehead atoms. The summed E-state index contributed by atoms with van der Waals surface area (Å²) in [4.78, 5) is 16.1. The first-order valence-electron chi connectivity index (χ1n) is 12.1. The second-order valence-electron chi connectivity index (χ2n) is 10.7. The number of likely N-dealkylation sites (tertiary alicyclic amines) is 1. The molecule has 1 saturated heterocycles. The van der Waals surface area contributed by atoms with E-state index in [2.05, 4.69) is 31.0 Å². The van der Waals surface area contributed by atoms with E-state index in [9.17, 15) is 4.79 Å². The lowest BCUT2D eigenvalue weighted by Gasteiger charge is -2.71. The quantitative estimate of drug-likeness (QED) is 0.716. The molecular formula is C26H35NO4. The Morgan fingerprint density at radius 2 is 2.10 bits per heavy atom. The van der Waals surface area contributed by atoms with Gasteiger partial charge in [0.2, 0.25) is 0 Å². The van der Waals surface area contributed by atoms with Crippen molar-refractivity contribution in [1.82, 2.24) is 4.90 Å². The molecule has 5 heteroatoms. The Morgan fingerprint density at radius 3 is 2.84 bits per heavy atom. The van der Waals surface area contributed by atoms with Crippen LogP contribution >= 0.6 is 0 Å². The summed E-state index contributed by atoms with van der Waals surface area (Å²) in [5.74, 6) is 2.05. The average molecular weight is 426 g/mol. The summed E-state index contributed by atoms with van der Waals surface area (Å²) >= 11 is 0. The van der Waals surface area contributed by atoms with Gasteiger partial charge in [-0.15, -0.1) is 0 Å². The number of methoxy groups -OCH3 is 2. The van der Waals surface area contributed by atoms with Gasteiger partial charge in [0.15, 0.2) is 11.5 Å². The lowest BCUT2D eigenvalue weighted by atomic mass is 9.36. The van der Waals surface area contributed by atoms with Crippen molar-refractivity contribution < 1.29 is 19.0 Å². The molecule has 2 spiro atoms. The maximum atomic E-state index is 13.5. The number of ketones is 1. The highest BCUT2D eigenvalue weighted by molar-refractivity contribution is 5.83. The van der Waals surface area contributed by atoms with Crippen LogP contribution in [0.5, 0.6) is 11.5 Å². The Labute approximate surface area is 185 Å². The number of aryl methyl sites for hydroxylation is 1. The molecule has 5 nitrogen and oxygen atoms in total. The smallest absolute Gasteiger partial charge is 0.165 e. The summed E-state index contributed by atoms with van der Waals surface area (Å²) in [5.41, 5.74) is 2.25. The van der Waals surface area contributed by atoms with Crippen LogP contribution in [0.3, 0.4) is 0 Å². The van der Waals surface area contributed by atoms with Gasteiger partial charge in [-0.25, -0.2) is 0 Å². The fourth-order valence-corrected chi connectivity index (χ4v) is 8.89. The first-order valence-corrected chi connectivity index (χ1v) is 12.1. The minimum Gasteiger partial charge on any atom is -0.493 e. The Balaban J connectivity index is 1.65. The molecule has 1 aromatic rings. The number of rotatable bonds is 5. The van der Waals surface area contributed by atoms with Gasteiger partial charge in [0.25, 0.3) is 0 Å². The van der Waals surface area contributed by atoms with E-state index in [1.54, 1.807) is 7.11 Å². The minimum absolute atomic E-state index is 0.0574. The molecule has 2 heterocycles. The number of benzene rings is 1. The van der Waals surface area contributed by atoms with Crippen LogP contribution in [-0.2, 0) is 21.4 Å². The molecule has 3 saturated carbocycles. The highest BCUT2D eigenvalue weighted by Gasteiger charge is 2.80. The van der Waals surface area contributed by atoms with Gasteiger partial charge in [-0.1, -0.05) is 13.0 Å². The molecule has 0 amide bonds. The predicted molar refractivity (Wildman–Crippen MR) is 118 cm³/mol. The van der Waals surface area contributed by atoms with Crippen molar-refractivity contribution in [2.24, 2.45) is 11.3 Å². The van der Waals surface area contributed by atoms with Crippen LogP contribution in [0.15, 0.2) is 12.1 Å². The predicted octanol–water partition coefficient (Wildman–Crippen LogP) is 3.90. The number of fused-ring (bicyclic) bond motifs is 2. The zero-order valence-electron chi connectivity index (χ0n) is 19.3. The lowest BCUT2D eigenvalue weighted by molar-refractivity contribution is -0.267. The Bertz CT molecular complexity index is 946. The molecule has 7 rings (SSSR count). The molecule has 0 N–H and O–H groups in total. The molecule has 31 heavy (non-hydrogen) atoms. The van der Waals surface area contributed by atoms with Crippen molar-refractivity contribution in [3.63, 3.8) is 0 Å². The molecule has 4 aliphatic carbocycles. The lowest BCUT2D eigenvalue weighted by Crippen LogP contribution is -2.79. The Morgan fingerprint density at radius 1 is 1.26 bits per heavy atom. The van der Waals surface area contributed by atoms with Crippen molar-refractivity contribution in [1.29, 1.82) is 0 Å². The zero-order valence-corrected chi connectivity index (χ0v) is 19.3. The Hall–Kier alpha value is -1.59. The van der Waals surface area contributed by atoms with E-state index in [0.717, 1.165) is 63.0 Å². The number of carbonyl (C=O) groups excluding carboxylic acids is 1. The molecule has 6 atom stereocenters. The van der Waals surface area contributed by atoms with E-state index < -0.39 is 5.60 Å². The van der Waals surface area contributed by atoms with Crippen molar-refractivity contribution >= 4 is 5.78 Å². The van der Waals surface area contributed by atoms with Gasteiger partial charge in [-0.3, -0.25) is 4.79 Å². The van der Waals surface area contributed by atoms with Gasteiger partial charge in [-0.2, -0.15) is 0 Å². The number of ether oxygens (including phenoxy) is 3. The van der Waals surface area contributed by atoms with E-state index in [-0.39, 0.29) is 22.9 Å². The van der Waals surface area contributed by atoms with Gasteiger partial charge in [-0.05, 0) is 70.2 Å². The van der Waals surface area contributed by atoms with Crippen molar-refractivity contribution in [2.75, 3.05) is 27.8 Å². The van der Waals surface area contributed by atoms with E-state index >= 15 is 0 Å². The van der Waals surface area contributed by atoms with Gasteiger partial charge in [0.1, 0.15) is 17.5 Å². The molecule has 0 radical (unpaired) electrons. The third-order valence-electron chi connectivity index (χ3n) is 9.99. The normalized spacial score (nSPS) is 42.0. The second-order valence-corrected chi connectivity index (χ2v) is 10.7. The monoisotopic (exact) mass is 425 g/mol. The number of carbonyl (C=O) groups is 1. The summed E-state index contributed by atoms with van der Waals surface area (Å²) in [5, 5.41) is 0. The molecule has 4 fully saturated rings. The van der Waals surface area contributed by atoms with E-state index in [0.29, 0.717) is 18.2 Å². The first-order chi connectivity index (χ1) is 15.0. The standard InChI is InChI=1S/C26H35NO4/c1-5-6-18(28)17-15-24-11-12-26(17,30-4)23-25(24)13-14-27(2)20(24)10-8-16-7-9-19(29-3)22(31-23)21(16)25/h7,9,17,20,23H,5-6,8,10-15H2,1-4H3/t17-,20-,23-,24-,25+,26?/m1/s1. The van der Waals surface area contributed by atoms with Crippen molar-refractivity contribution in [2.45, 2.75) is 81.5 Å². The van der Waals surface area contributed by atoms with Crippen LogP contribution in [0, 0.1) is 11.3 Å². The number of hydrogen-bond donors (Lipinski definition) is 0. The SMILES string of the molecule is CCCC(=O)[C@H]1C[C@@]23CCC1(OC)[C@@H]1Oc4c(OC)ccc5c4[C@@]12CCN(C)[C@@H]3CC5. The van der Waals surface area contributed by atoms with Gasteiger partial charge >= 0.3 is 0 Å². The highest BCUT2D eigenvalue weighted by Crippen LogP contribution is 2.76. The van der Waals surface area contributed by atoms with E-state index in [4.69, 9.17) is 14.2 Å². The highest BCUT2D eigenvalue weighted by atomic mass is 16.6. The van der Waals surface area contributed by atoms with Crippen LogP contribution in [-0.4, -0.2) is 56.2 Å². The van der Waals surface area contributed by atoms with Gasteiger partial charge in [0.05, 0.1) is 13.0 Å². The summed E-state index contributed by atoms with van der Waals surface area (Å²) < 4.78 is 19.2. The molecular weight excluding hydrogens is 390 g/mol. The van der Waals surface area contributed by atoms with Crippen LogP contribution in [0.25, 0.3) is 0 Å². The maximum absolute atomic E-state index is 13.5. The van der Waals surface area contributed by atoms with E-state index in [1.807, 2.05) is 7.11 Å². The van der Waals surface area contributed by atoms with Crippen LogP contribution in [0.1, 0.15) is 63.0 Å². The average Bonchev–Trinajstić information content (AvgIpc) is 3.12. The molecule has 0 aromatic heterocycles. The molecule has 1 unspecified atom stereocenters. The summed E-state index contributed by atoms with van der Waals surface area (Å²) in [7, 11) is 5.85. The maximum Gasteiger partial charge on any atom is 0.165 e. The summed E-state index contributed by atoms with van der Waals surface area (Å²) in [6, 6.07) is 4.83. The third-order valence-corrected chi connectivity index (χ3v) is 9.99. The molecule has 1 aromatic carbocycles. The largest absolute Gasteiger partial charge is 0.493 e. The zero-order chi connectivity index (χ0) is 21.6. The number of nitrogens with zero attached hydrogens (tertiary/aromatic N) is 1. The van der Waals surface area contributed by atoms with Crippen molar-refractivity contribution in [3.8, 4) is 11.5 Å². The topological polar surface area (TPSA) is 48.0 Å². The second kappa shape index (κ2) is 6.48.